The maximum absolute atomic E-state index is 13.2. The zero-order valence-electron chi connectivity index (χ0n) is 20.5. The second kappa shape index (κ2) is 13.9. The summed E-state index contributed by atoms with van der Waals surface area (Å²) in [5.41, 5.74) is 1.66. The molecule has 1 amide bonds. The molecule has 9 nitrogen and oxygen atoms in total. The largest absolute Gasteiger partial charge is 0.490 e. The molecule has 0 radical (unpaired) electrons. The number of carbonyl (C=O) groups excluding carboxylic acids is 1. The van der Waals surface area contributed by atoms with E-state index in [9.17, 15) is 26.4 Å². The first-order chi connectivity index (χ1) is 16.9. The zero-order valence-corrected chi connectivity index (χ0v) is 21.3. The second-order valence-electron chi connectivity index (χ2n) is 8.83. The molecule has 0 bridgehead atoms. The maximum Gasteiger partial charge on any atom is 0.490 e. The minimum absolute atomic E-state index is 0.0233. The minimum Gasteiger partial charge on any atom is -0.475 e. The first kappa shape index (κ1) is 30.0. The van der Waals surface area contributed by atoms with Gasteiger partial charge in [0.25, 0.3) is 5.91 Å². The highest BCUT2D eigenvalue weighted by atomic mass is 32.2. The Balaban J connectivity index is 0.000000572. The zero-order chi connectivity index (χ0) is 26.8. The lowest BCUT2D eigenvalue weighted by Crippen LogP contribution is -2.49. The van der Waals surface area contributed by atoms with E-state index in [4.69, 9.17) is 9.90 Å². The average Bonchev–Trinajstić information content (AvgIpc) is 2.84. The fraction of sp³-hybridized carbons (Fsp3) is 0.652. The molecule has 204 valence electrons. The predicted octanol–water partition coefficient (Wildman–Crippen LogP) is 1.79. The third-order valence-electron chi connectivity index (χ3n) is 6.02. The number of likely N-dealkylation sites (tertiary alicyclic amines) is 1. The van der Waals surface area contributed by atoms with Crippen LogP contribution >= 0.6 is 0 Å². The van der Waals surface area contributed by atoms with Crippen LogP contribution in [-0.4, -0.2) is 110 Å². The number of rotatable bonds is 8. The second-order valence-corrected chi connectivity index (χ2v) is 10.9. The normalized spacial score (nSPS) is 17.7. The number of hydrogen-bond acceptors (Lipinski definition) is 6. The van der Waals surface area contributed by atoms with Crippen molar-refractivity contribution in [2.75, 3.05) is 64.7 Å². The first-order valence-corrected chi connectivity index (χ1v) is 13.6. The first-order valence-electron chi connectivity index (χ1n) is 12.0. The molecular weight excluding hydrogens is 501 g/mol. The Kier molecular flexibility index (Phi) is 11.6. The van der Waals surface area contributed by atoms with Gasteiger partial charge < -0.3 is 20.2 Å². The van der Waals surface area contributed by atoms with Gasteiger partial charge >= 0.3 is 12.1 Å². The molecule has 3 rings (SSSR count). The lowest BCUT2D eigenvalue weighted by molar-refractivity contribution is -0.192. The Hall–Kier alpha value is -2.22. The van der Waals surface area contributed by atoms with Gasteiger partial charge in [0.2, 0.25) is 10.0 Å². The summed E-state index contributed by atoms with van der Waals surface area (Å²) in [7, 11) is -3.36. The molecule has 0 spiro atoms. The monoisotopic (exact) mass is 536 g/mol. The molecule has 2 N–H and O–H groups in total. The van der Waals surface area contributed by atoms with Crippen LogP contribution < -0.4 is 5.32 Å². The number of piperidine rings is 1. The van der Waals surface area contributed by atoms with E-state index in [1.54, 1.807) is 9.21 Å². The van der Waals surface area contributed by atoms with Gasteiger partial charge in [-0.15, -0.1) is 0 Å². The minimum atomic E-state index is -5.08. The highest BCUT2D eigenvalue weighted by Gasteiger charge is 2.38. The highest BCUT2D eigenvalue weighted by molar-refractivity contribution is 7.89. The van der Waals surface area contributed by atoms with Crippen molar-refractivity contribution in [2.45, 2.75) is 32.4 Å². The van der Waals surface area contributed by atoms with Crippen molar-refractivity contribution in [2.24, 2.45) is 0 Å². The van der Waals surface area contributed by atoms with Gasteiger partial charge in [0, 0.05) is 51.4 Å². The Morgan fingerprint density at radius 1 is 1.06 bits per heavy atom. The van der Waals surface area contributed by atoms with Gasteiger partial charge in [0.1, 0.15) is 0 Å². The summed E-state index contributed by atoms with van der Waals surface area (Å²) in [5, 5.41) is 10.3. The van der Waals surface area contributed by atoms with Gasteiger partial charge in [0.05, 0.1) is 5.75 Å². The molecule has 2 fully saturated rings. The average molecular weight is 537 g/mol. The summed E-state index contributed by atoms with van der Waals surface area (Å²) in [6, 6.07) is 7.53. The van der Waals surface area contributed by atoms with Crippen LogP contribution in [0, 0.1) is 6.92 Å². The van der Waals surface area contributed by atoms with Crippen LogP contribution in [-0.2, 0) is 14.8 Å². The number of nitrogens with one attached hydrogen (secondary N) is 1. The topological polar surface area (TPSA) is 110 Å². The maximum atomic E-state index is 13.2. The molecule has 13 heteroatoms. The summed E-state index contributed by atoms with van der Waals surface area (Å²) in [4.78, 5) is 26.2. The molecule has 1 aromatic rings. The molecule has 1 aromatic carbocycles. The van der Waals surface area contributed by atoms with E-state index in [2.05, 4.69) is 10.2 Å². The third-order valence-corrected chi connectivity index (χ3v) is 7.87. The molecule has 0 aromatic heterocycles. The van der Waals surface area contributed by atoms with E-state index < -0.39 is 22.2 Å². The van der Waals surface area contributed by atoms with Crippen LogP contribution in [0.1, 0.15) is 35.2 Å². The number of aryl methyl sites for hydroxylation is 1. The van der Waals surface area contributed by atoms with Gasteiger partial charge in [-0.1, -0.05) is 24.1 Å². The number of sulfonamides is 1. The number of alkyl halides is 3. The molecule has 36 heavy (non-hydrogen) atoms. The van der Waals surface area contributed by atoms with Crippen molar-refractivity contribution in [1.82, 2.24) is 19.4 Å². The molecule has 0 saturated carbocycles. The van der Waals surface area contributed by atoms with Crippen molar-refractivity contribution < 1.29 is 36.3 Å². The molecule has 2 aliphatic rings. The van der Waals surface area contributed by atoms with Crippen LogP contribution in [0.25, 0.3) is 0 Å². The van der Waals surface area contributed by atoms with Crippen molar-refractivity contribution in [3.05, 3.63) is 35.4 Å². The van der Waals surface area contributed by atoms with Gasteiger partial charge in [-0.3, -0.25) is 4.79 Å². The highest BCUT2D eigenvalue weighted by Crippen LogP contribution is 2.14. The lowest BCUT2D eigenvalue weighted by Gasteiger charge is -2.31. The molecular formula is C23H35F3N4O5S. The summed E-state index contributed by atoms with van der Waals surface area (Å²) < 4.78 is 58.8. The smallest absolute Gasteiger partial charge is 0.475 e. The molecule has 2 heterocycles. The summed E-state index contributed by atoms with van der Waals surface area (Å²) in [5.74, 6) is -2.86. The standard InChI is InChI=1S/C21H34N4O3S.C2HF3O2/c1-19-6-5-7-20(18-19)21(26)24(15-14-23-10-3-2-4-11-23)16-17-29(27,28)25-12-8-22-9-13-25;3-2(4,5)1(6)7/h5-7,18,22H,2-4,8-17H2,1H3;(H,6,7). The van der Waals surface area contributed by atoms with E-state index in [1.807, 2.05) is 31.2 Å². The SMILES string of the molecule is Cc1cccc(C(=O)N(CCN2CCCCC2)CCS(=O)(=O)N2CCNCC2)c1.O=C(O)C(F)(F)F. The fourth-order valence-corrected chi connectivity index (χ4v) is 5.45. The van der Waals surface area contributed by atoms with E-state index in [-0.39, 0.29) is 18.2 Å². The molecule has 0 aliphatic carbocycles. The van der Waals surface area contributed by atoms with Crippen molar-refractivity contribution in [1.29, 1.82) is 0 Å². The van der Waals surface area contributed by atoms with Crippen molar-refractivity contribution in [3.8, 4) is 0 Å². The number of carboxylic acid groups (broad SMARTS) is 1. The molecule has 0 atom stereocenters. The van der Waals surface area contributed by atoms with Gasteiger partial charge in [-0.25, -0.2) is 13.2 Å². The van der Waals surface area contributed by atoms with Crippen molar-refractivity contribution >= 4 is 21.9 Å². The lowest BCUT2D eigenvalue weighted by atomic mass is 10.1. The predicted molar refractivity (Wildman–Crippen MR) is 129 cm³/mol. The van der Waals surface area contributed by atoms with Crippen LogP contribution in [0.4, 0.5) is 13.2 Å². The van der Waals surface area contributed by atoms with E-state index in [0.717, 1.165) is 25.2 Å². The van der Waals surface area contributed by atoms with Crippen LogP contribution in [0.5, 0.6) is 0 Å². The molecule has 0 unspecified atom stereocenters. The Labute approximate surface area is 210 Å². The number of carbonyl (C=O) groups is 2. The number of piperazine rings is 1. The van der Waals surface area contributed by atoms with Gasteiger partial charge in [0.15, 0.2) is 0 Å². The number of benzene rings is 1. The molecule has 2 aliphatic heterocycles. The number of aliphatic carboxylic acids is 1. The third kappa shape index (κ3) is 10.0. The molecule has 2 saturated heterocycles. The quantitative estimate of drug-likeness (QED) is 0.521. The van der Waals surface area contributed by atoms with Crippen LogP contribution in [0.2, 0.25) is 0 Å². The summed E-state index contributed by atoms with van der Waals surface area (Å²) in [6.45, 7) is 8.03. The van der Waals surface area contributed by atoms with Gasteiger partial charge in [-0.05, 0) is 45.0 Å². The Morgan fingerprint density at radius 3 is 2.22 bits per heavy atom. The number of nitrogens with zero attached hydrogens (tertiary/aromatic N) is 3. The summed E-state index contributed by atoms with van der Waals surface area (Å²) >= 11 is 0. The Bertz CT molecular complexity index is 963. The summed E-state index contributed by atoms with van der Waals surface area (Å²) in [6.07, 6.45) is -1.42. The van der Waals surface area contributed by atoms with E-state index >= 15 is 0 Å². The number of carboxylic acids is 1. The van der Waals surface area contributed by atoms with E-state index in [1.165, 1.54) is 19.3 Å². The van der Waals surface area contributed by atoms with Gasteiger partial charge in [-0.2, -0.15) is 17.5 Å². The fourth-order valence-electron chi connectivity index (χ4n) is 4.00. The number of hydrogen-bond donors (Lipinski definition) is 2. The number of amides is 1. The van der Waals surface area contributed by atoms with Crippen LogP contribution in [0.15, 0.2) is 24.3 Å². The number of halogens is 3. The van der Waals surface area contributed by atoms with Crippen LogP contribution in [0.3, 0.4) is 0 Å². The van der Waals surface area contributed by atoms with Crippen molar-refractivity contribution in [3.63, 3.8) is 0 Å². The van der Waals surface area contributed by atoms with E-state index in [0.29, 0.717) is 38.3 Å². The Morgan fingerprint density at radius 2 is 1.67 bits per heavy atom.